The van der Waals surface area contributed by atoms with Crippen LogP contribution in [0.25, 0.3) is 0 Å². The first-order valence-electron chi connectivity index (χ1n) is 8.06. The number of rotatable bonds is 9. The van der Waals surface area contributed by atoms with Crippen LogP contribution in [0.2, 0.25) is 0 Å². The smallest absolute Gasteiger partial charge is 0.243 e. The molecule has 0 aromatic heterocycles. The Morgan fingerprint density at radius 3 is 2.50 bits per heavy atom. The van der Waals surface area contributed by atoms with E-state index in [1.165, 1.54) is 4.90 Å². The zero-order chi connectivity index (χ0) is 18.7. The molecule has 0 atom stereocenters. The molecule has 1 aromatic rings. The maximum absolute atomic E-state index is 11.7. The van der Waals surface area contributed by atoms with Gasteiger partial charge in [-0.1, -0.05) is 12.1 Å². The lowest BCUT2D eigenvalue weighted by Crippen LogP contribution is -2.39. The molecule has 1 aromatic carbocycles. The van der Waals surface area contributed by atoms with Gasteiger partial charge in [0.05, 0.1) is 14.2 Å². The van der Waals surface area contributed by atoms with E-state index >= 15 is 0 Å². The molecular formula is C18H29IN4O3. The van der Waals surface area contributed by atoms with Crippen molar-refractivity contribution in [2.24, 2.45) is 4.99 Å². The van der Waals surface area contributed by atoms with E-state index in [1.807, 2.05) is 18.2 Å². The topological polar surface area (TPSA) is 75.2 Å². The summed E-state index contributed by atoms with van der Waals surface area (Å²) in [6, 6.07) is 5.82. The molecule has 0 aliphatic heterocycles. The molecule has 0 heterocycles. The number of nitrogens with one attached hydrogen (secondary N) is 2. The molecule has 1 amide bonds. The second kappa shape index (κ2) is 13.3. The van der Waals surface area contributed by atoms with Crippen molar-refractivity contribution >= 4 is 35.8 Å². The number of benzene rings is 1. The largest absolute Gasteiger partial charge is 0.493 e. The van der Waals surface area contributed by atoms with E-state index in [0.29, 0.717) is 30.5 Å². The molecule has 0 spiro atoms. The number of likely N-dealkylation sites (N-methyl/N-ethyl adjacent to an activating group) is 1. The van der Waals surface area contributed by atoms with Crippen molar-refractivity contribution in [1.82, 2.24) is 15.5 Å². The van der Waals surface area contributed by atoms with Gasteiger partial charge in [-0.25, -0.2) is 4.99 Å². The van der Waals surface area contributed by atoms with Gasteiger partial charge >= 0.3 is 0 Å². The highest BCUT2D eigenvalue weighted by molar-refractivity contribution is 14.0. The maximum atomic E-state index is 11.7. The first-order valence-corrected chi connectivity index (χ1v) is 8.06. The van der Waals surface area contributed by atoms with E-state index in [4.69, 9.17) is 9.47 Å². The summed E-state index contributed by atoms with van der Waals surface area (Å²) in [4.78, 5) is 17.5. The molecule has 0 unspecified atom stereocenters. The molecule has 1 rings (SSSR count). The Labute approximate surface area is 172 Å². The van der Waals surface area contributed by atoms with Gasteiger partial charge in [-0.05, 0) is 24.1 Å². The van der Waals surface area contributed by atoms with Crippen LogP contribution in [-0.4, -0.2) is 64.7 Å². The number of hydrogen-bond acceptors (Lipinski definition) is 4. The van der Waals surface area contributed by atoms with Gasteiger partial charge in [0.1, 0.15) is 6.54 Å². The first kappa shape index (κ1) is 24.0. The number of methoxy groups -OCH3 is 2. The van der Waals surface area contributed by atoms with Crippen molar-refractivity contribution in [2.45, 2.75) is 6.42 Å². The van der Waals surface area contributed by atoms with Gasteiger partial charge in [0.15, 0.2) is 17.5 Å². The molecular weight excluding hydrogens is 447 g/mol. The Morgan fingerprint density at radius 2 is 1.92 bits per heavy atom. The number of hydrogen-bond donors (Lipinski definition) is 2. The number of ether oxygens (including phenoxy) is 2. The Balaban J connectivity index is 0.00000625. The van der Waals surface area contributed by atoms with E-state index in [-0.39, 0.29) is 36.4 Å². The van der Waals surface area contributed by atoms with Crippen LogP contribution in [0.4, 0.5) is 0 Å². The molecule has 146 valence electrons. The summed E-state index contributed by atoms with van der Waals surface area (Å²) in [6.07, 6.45) is 2.51. The summed E-state index contributed by atoms with van der Waals surface area (Å²) in [5, 5.41) is 6.31. The van der Waals surface area contributed by atoms with Crippen molar-refractivity contribution in [3.8, 4) is 11.5 Å². The van der Waals surface area contributed by atoms with Gasteiger partial charge in [0.2, 0.25) is 5.91 Å². The highest BCUT2D eigenvalue weighted by Crippen LogP contribution is 2.27. The van der Waals surface area contributed by atoms with Crippen LogP contribution >= 0.6 is 24.0 Å². The third-order valence-electron chi connectivity index (χ3n) is 3.44. The Morgan fingerprint density at radius 1 is 1.23 bits per heavy atom. The number of carbonyl (C=O) groups excluding carboxylic acids is 1. The second-order valence-corrected chi connectivity index (χ2v) is 5.49. The van der Waals surface area contributed by atoms with Gasteiger partial charge in [-0.3, -0.25) is 4.79 Å². The van der Waals surface area contributed by atoms with E-state index < -0.39 is 0 Å². The van der Waals surface area contributed by atoms with Gasteiger partial charge < -0.3 is 25.0 Å². The zero-order valence-electron chi connectivity index (χ0n) is 15.9. The first-order chi connectivity index (χ1) is 12.0. The third-order valence-corrected chi connectivity index (χ3v) is 3.44. The monoisotopic (exact) mass is 476 g/mol. The molecule has 0 radical (unpaired) electrons. The van der Waals surface area contributed by atoms with Gasteiger partial charge in [-0.2, -0.15) is 0 Å². The van der Waals surface area contributed by atoms with Gasteiger partial charge in [0.25, 0.3) is 0 Å². The lowest BCUT2D eigenvalue weighted by molar-refractivity contribution is -0.127. The fourth-order valence-electron chi connectivity index (χ4n) is 1.99. The van der Waals surface area contributed by atoms with Crippen LogP contribution in [0.5, 0.6) is 11.5 Å². The minimum Gasteiger partial charge on any atom is -0.493 e. The van der Waals surface area contributed by atoms with E-state index in [2.05, 4.69) is 22.2 Å². The molecule has 26 heavy (non-hydrogen) atoms. The Bertz CT molecular complexity index is 606. The van der Waals surface area contributed by atoms with Crippen LogP contribution in [0.1, 0.15) is 5.56 Å². The molecule has 0 fully saturated rings. The van der Waals surface area contributed by atoms with Crippen molar-refractivity contribution in [3.05, 3.63) is 36.4 Å². The SMILES string of the molecule is C=CCNC(=NCC(=O)N(C)C)NCCc1ccc(OC)c(OC)c1.I. The number of carbonyl (C=O) groups is 1. The van der Waals surface area contributed by atoms with E-state index in [9.17, 15) is 4.79 Å². The van der Waals surface area contributed by atoms with Crippen molar-refractivity contribution in [3.63, 3.8) is 0 Å². The lowest BCUT2D eigenvalue weighted by atomic mass is 10.1. The van der Waals surface area contributed by atoms with Crippen LogP contribution < -0.4 is 20.1 Å². The number of guanidine groups is 1. The predicted octanol–water partition coefficient (Wildman–Crippen LogP) is 1.67. The highest BCUT2D eigenvalue weighted by Gasteiger charge is 2.06. The Kier molecular flexibility index (Phi) is 12.3. The van der Waals surface area contributed by atoms with Crippen molar-refractivity contribution < 1.29 is 14.3 Å². The molecule has 7 nitrogen and oxygen atoms in total. The van der Waals surface area contributed by atoms with Gasteiger partial charge in [0, 0.05) is 27.2 Å². The van der Waals surface area contributed by atoms with E-state index in [1.54, 1.807) is 34.4 Å². The lowest BCUT2D eigenvalue weighted by Gasteiger charge is -2.13. The summed E-state index contributed by atoms with van der Waals surface area (Å²) in [7, 11) is 6.64. The molecule has 8 heteroatoms. The average molecular weight is 476 g/mol. The standard InChI is InChI=1S/C18H28N4O3.HI/c1-6-10-19-18(21-13-17(23)22(2)3)20-11-9-14-7-8-15(24-4)16(12-14)25-5;/h6-8,12H,1,9-11,13H2,2-5H3,(H2,19,20,21);1H. The van der Waals surface area contributed by atoms with Crippen LogP contribution in [0.3, 0.4) is 0 Å². The number of nitrogens with zero attached hydrogens (tertiary/aromatic N) is 2. The minimum absolute atomic E-state index is 0. The molecule has 0 bridgehead atoms. The second-order valence-electron chi connectivity index (χ2n) is 5.49. The van der Waals surface area contributed by atoms with Gasteiger partial charge in [-0.15, -0.1) is 30.6 Å². The quantitative estimate of drug-likeness (QED) is 0.246. The maximum Gasteiger partial charge on any atom is 0.243 e. The number of halogens is 1. The number of amides is 1. The normalized spacial score (nSPS) is 10.4. The highest BCUT2D eigenvalue weighted by atomic mass is 127. The van der Waals surface area contributed by atoms with Crippen LogP contribution in [0, 0.1) is 0 Å². The summed E-state index contributed by atoms with van der Waals surface area (Å²) in [5.74, 6) is 1.93. The predicted molar refractivity (Wildman–Crippen MR) is 116 cm³/mol. The summed E-state index contributed by atoms with van der Waals surface area (Å²) < 4.78 is 10.5. The minimum atomic E-state index is -0.0559. The number of aliphatic imine (C=N–C) groups is 1. The zero-order valence-corrected chi connectivity index (χ0v) is 18.2. The van der Waals surface area contributed by atoms with Crippen LogP contribution in [0.15, 0.2) is 35.8 Å². The van der Waals surface area contributed by atoms with Crippen molar-refractivity contribution in [2.75, 3.05) is 47.9 Å². The molecule has 0 saturated carbocycles. The summed E-state index contributed by atoms with van der Waals surface area (Å²) in [5.41, 5.74) is 1.11. The van der Waals surface area contributed by atoms with Crippen molar-refractivity contribution in [1.29, 1.82) is 0 Å². The summed E-state index contributed by atoms with van der Waals surface area (Å²) >= 11 is 0. The molecule has 0 aliphatic rings. The third kappa shape index (κ3) is 8.41. The van der Waals surface area contributed by atoms with E-state index in [0.717, 1.165) is 12.0 Å². The fraction of sp³-hybridized carbons (Fsp3) is 0.444. The average Bonchev–Trinajstić information content (AvgIpc) is 2.62. The summed E-state index contributed by atoms with van der Waals surface area (Å²) in [6.45, 7) is 5.00. The Hall–Kier alpha value is -1.97. The van der Waals surface area contributed by atoms with Crippen LogP contribution in [-0.2, 0) is 11.2 Å². The molecule has 0 saturated heterocycles. The molecule has 2 N–H and O–H groups in total. The molecule has 0 aliphatic carbocycles. The fourth-order valence-corrected chi connectivity index (χ4v) is 1.99.